The van der Waals surface area contributed by atoms with Crippen LogP contribution in [0.25, 0.3) is 0 Å². The molecule has 0 radical (unpaired) electrons. The van der Waals surface area contributed by atoms with Gasteiger partial charge in [-0.3, -0.25) is 9.78 Å². The third kappa shape index (κ3) is 4.84. The second kappa shape index (κ2) is 7.77. The molecule has 0 fully saturated rings. The number of alkyl halides is 1. The van der Waals surface area contributed by atoms with Crippen molar-refractivity contribution in [1.29, 1.82) is 0 Å². The largest absolute Gasteiger partial charge is 0.298 e. The Labute approximate surface area is 103 Å². The Kier molecular flexibility index (Phi) is 6.11. The minimum Gasteiger partial charge on any atom is -0.298 e. The fraction of sp³-hybridized carbons (Fsp3) is 0.0769. The number of halogens is 1. The van der Waals surface area contributed by atoms with E-state index in [1.54, 1.807) is 24.5 Å². The quantitative estimate of drug-likeness (QED) is 0.622. The Morgan fingerprint density at radius 2 is 1.69 bits per heavy atom. The van der Waals surface area contributed by atoms with Crippen LogP contribution in [0.15, 0.2) is 54.9 Å². The van der Waals surface area contributed by atoms with E-state index < -0.39 is 0 Å². The third-order valence-electron chi connectivity index (χ3n) is 1.84. The summed E-state index contributed by atoms with van der Waals surface area (Å²) >= 11 is 3.36. The molecule has 0 aliphatic heterocycles. The van der Waals surface area contributed by atoms with Gasteiger partial charge in [0.05, 0.1) is 0 Å². The first kappa shape index (κ1) is 12.6. The summed E-state index contributed by atoms with van der Waals surface area (Å²) in [5.74, 6) is 0. The molecular weight excluding hydrogens is 266 g/mol. The van der Waals surface area contributed by atoms with E-state index in [1.807, 2.05) is 18.2 Å². The number of aldehydes is 1. The molecule has 1 aromatic heterocycles. The van der Waals surface area contributed by atoms with Crippen molar-refractivity contribution in [2.45, 2.75) is 5.33 Å². The number of rotatable bonds is 2. The second-order valence-corrected chi connectivity index (χ2v) is 3.58. The summed E-state index contributed by atoms with van der Waals surface area (Å²) in [7, 11) is 0. The SMILES string of the molecule is BrCc1ccccc1.O=Cc1ccncc1. The van der Waals surface area contributed by atoms with Gasteiger partial charge in [0.1, 0.15) is 6.29 Å². The third-order valence-corrected chi connectivity index (χ3v) is 2.49. The Morgan fingerprint density at radius 1 is 1.06 bits per heavy atom. The lowest BCUT2D eigenvalue weighted by atomic mass is 10.2. The molecule has 1 heterocycles. The standard InChI is InChI=1S/C7H7Br.C6H5NO/c8-6-7-4-2-1-3-5-7;8-5-6-1-3-7-4-2-6/h1-5H,6H2;1-5H. The van der Waals surface area contributed by atoms with Crippen molar-refractivity contribution in [2.24, 2.45) is 0 Å². The molecule has 2 nitrogen and oxygen atoms in total. The van der Waals surface area contributed by atoms with Gasteiger partial charge in [0.15, 0.2) is 0 Å². The number of carbonyl (C=O) groups excluding carboxylic acids is 1. The summed E-state index contributed by atoms with van der Waals surface area (Å²) in [6.07, 6.45) is 3.97. The zero-order chi connectivity index (χ0) is 11.6. The molecular formula is C13H12BrNO. The van der Waals surface area contributed by atoms with Crippen LogP contribution in [0.1, 0.15) is 15.9 Å². The van der Waals surface area contributed by atoms with Crippen molar-refractivity contribution in [3.05, 3.63) is 66.0 Å². The lowest BCUT2D eigenvalue weighted by Gasteiger charge is -1.88. The maximum absolute atomic E-state index is 9.98. The Balaban J connectivity index is 0.000000160. The number of pyridine rings is 1. The first-order chi connectivity index (χ1) is 7.86. The van der Waals surface area contributed by atoms with E-state index in [2.05, 4.69) is 33.0 Å². The summed E-state index contributed by atoms with van der Waals surface area (Å²) in [6.45, 7) is 0. The van der Waals surface area contributed by atoms with Crippen molar-refractivity contribution < 1.29 is 4.79 Å². The van der Waals surface area contributed by atoms with Crippen LogP contribution in [0.5, 0.6) is 0 Å². The monoisotopic (exact) mass is 277 g/mol. The van der Waals surface area contributed by atoms with Crippen LogP contribution < -0.4 is 0 Å². The van der Waals surface area contributed by atoms with Gasteiger partial charge in [0.25, 0.3) is 0 Å². The fourth-order valence-corrected chi connectivity index (χ4v) is 1.38. The van der Waals surface area contributed by atoms with Crippen molar-refractivity contribution in [3.8, 4) is 0 Å². The van der Waals surface area contributed by atoms with Crippen LogP contribution in [-0.2, 0) is 5.33 Å². The first-order valence-corrected chi connectivity index (χ1v) is 5.94. The molecule has 0 amide bonds. The van der Waals surface area contributed by atoms with Crippen molar-refractivity contribution in [3.63, 3.8) is 0 Å². The van der Waals surface area contributed by atoms with E-state index in [0.29, 0.717) is 5.56 Å². The van der Waals surface area contributed by atoms with Gasteiger partial charge >= 0.3 is 0 Å². The molecule has 1 aromatic carbocycles. The highest BCUT2D eigenvalue weighted by Gasteiger charge is 1.81. The summed E-state index contributed by atoms with van der Waals surface area (Å²) < 4.78 is 0. The smallest absolute Gasteiger partial charge is 0.150 e. The molecule has 82 valence electrons. The first-order valence-electron chi connectivity index (χ1n) is 4.82. The zero-order valence-electron chi connectivity index (χ0n) is 8.71. The van der Waals surface area contributed by atoms with Crippen LogP contribution >= 0.6 is 15.9 Å². The van der Waals surface area contributed by atoms with Crippen LogP contribution in [0.3, 0.4) is 0 Å². The number of hydrogen-bond acceptors (Lipinski definition) is 2. The number of nitrogens with zero attached hydrogens (tertiary/aromatic N) is 1. The average molecular weight is 278 g/mol. The Hall–Kier alpha value is -1.48. The Bertz CT molecular complexity index is 403. The highest BCUT2D eigenvalue weighted by atomic mass is 79.9. The number of hydrogen-bond donors (Lipinski definition) is 0. The molecule has 0 aliphatic carbocycles. The van der Waals surface area contributed by atoms with Gasteiger partial charge < -0.3 is 0 Å². The molecule has 16 heavy (non-hydrogen) atoms. The summed E-state index contributed by atoms with van der Waals surface area (Å²) in [4.78, 5) is 13.7. The maximum atomic E-state index is 9.98. The molecule has 3 heteroatoms. The minimum atomic E-state index is 0.667. The zero-order valence-corrected chi connectivity index (χ0v) is 10.3. The summed E-state index contributed by atoms with van der Waals surface area (Å²) in [5, 5.41) is 0.952. The lowest BCUT2D eigenvalue weighted by Crippen LogP contribution is -1.76. The van der Waals surface area contributed by atoms with Crippen molar-refractivity contribution in [1.82, 2.24) is 4.98 Å². The molecule has 2 rings (SSSR count). The average Bonchev–Trinajstić information content (AvgIpc) is 2.41. The van der Waals surface area contributed by atoms with Gasteiger partial charge in [-0.05, 0) is 17.7 Å². The van der Waals surface area contributed by atoms with Gasteiger partial charge in [0.2, 0.25) is 0 Å². The summed E-state index contributed by atoms with van der Waals surface area (Å²) in [6, 6.07) is 13.6. The Morgan fingerprint density at radius 3 is 2.06 bits per heavy atom. The number of benzene rings is 1. The molecule has 0 spiro atoms. The molecule has 0 saturated carbocycles. The molecule has 0 aliphatic rings. The topological polar surface area (TPSA) is 30.0 Å². The van der Waals surface area contributed by atoms with Crippen LogP contribution in [0.4, 0.5) is 0 Å². The predicted octanol–water partition coefficient (Wildman–Crippen LogP) is 3.48. The van der Waals surface area contributed by atoms with E-state index in [-0.39, 0.29) is 0 Å². The maximum Gasteiger partial charge on any atom is 0.150 e. The predicted molar refractivity (Wildman–Crippen MR) is 68.7 cm³/mol. The van der Waals surface area contributed by atoms with Gasteiger partial charge in [-0.25, -0.2) is 0 Å². The number of aromatic nitrogens is 1. The molecule has 0 unspecified atom stereocenters. The van der Waals surface area contributed by atoms with Crippen molar-refractivity contribution in [2.75, 3.05) is 0 Å². The van der Waals surface area contributed by atoms with Crippen LogP contribution in [0.2, 0.25) is 0 Å². The fourth-order valence-electron chi connectivity index (χ4n) is 1.01. The number of carbonyl (C=O) groups is 1. The normalized spacial score (nSPS) is 8.81. The minimum absolute atomic E-state index is 0.667. The van der Waals surface area contributed by atoms with Gasteiger partial charge in [-0.2, -0.15) is 0 Å². The van der Waals surface area contributed by atoms with Crippen LogP contribution in [-0.4, -0.2) is 11.3 Å². The molecule has 0 saturated heterocycles. The van der Waals surface area contributed by atoms with E-state index >= 15 is 0 Å². The lowest BCUT2D eigenvalue weighted by molar-refractivity contribution is 0.112. The molecule has 2 aromatic rings. The van der Waals surface area contributed by atoms with E-state index in [9.17, 15) is 4.79 Å². The van der Waals surface area contributed by atoms with Crippen LogP contribution in [0, 0.1) is 0 Å². The van der Waals surface area contributed by atoms with Crippen molar-refractivity contribution >= 4 is 22.2 Å². The van der Waals surface area contributed by atoms with Gasteiger partial charge in [-0.1, -0.05) is 46.3 Å². The van der Waals surface area contributed by atoms with Gasteiger partial charge in [0, 0.05) is 23.3 Å². The highest BCUT2D eigenvalue weighted by molar-refractivity contribution is 9.08. The van der Waals surface area contributed by atoms with E-state index in [1.165, 1.54) is 5.56 Å². The van der Waals surface area contributed by atoms with E-state index in [4.69, 9.17) is 0 Å². The van der Waals surface area contributed by atoms with Gasteiger partial charge in [-0.15, -0.1) is 0 Å². The molecule has 0 N–H and O–H groups in total. The summed E-state index contributed by atoms with van der Waals surface area (Å²) in [5.41, 5.74) is 1.99. The molecule has 0 atom stereocenters. The highest BCUT2D eigenvalue weighted by Crippen LogP contribution is 2.02. The second-order valence-electron chi connectivity index (χ2n) is 3.02. The molecule has 0 bridgehead atoms. The van der Waals surface area contributed by atoms with E-state index in [0.717, 1.165) is 11.6 Å².